The Morgan fingerprint density at radius 1 is 1.10 bits per heavy atom. The zero-order chi connectivity index (χ0) is 14.8. The van der Waals surface area contributed by atoms with Gasteiger partial charge in [-0.3, -0.25) is 0 Å². The lowest BCUT2D eigenvalue weighted by molar-refractivity contribution is 0.282. The first-order valence-electron chi connectivity index (χ1n) is 6.40. The van der Waals surface area contributed by atoms with Crippen LogP contribution in [0, 0.1) is 5.82 Å². The van der Waals surface area contributed by atoms with Crippen molar-refractivity contribution in [2.75, 3.05) is 0 Å². The standard InChI is InChI=1S/C16H12ClFN2O/c17-16-14(10-21)15(11-5-2-1-3-6-11)19-20(16)13-8-4-7-12(18)9-13/h1-9,21H,10H2. The van der Waals surface area contributed by atoms with Gasteiger partial charge in [0.05, 0.1) is 18.0 Å². The Balaban J connectivity index is 2.18. The predicted octanol–water partition coefficient (Wildman–Crippen LogP) is 3.82. The van der Waals surface area contributed by atoms with Crippen LogP contribution in [0.1, 0.15) is 5.56 Å². The normalized spacial score (nSPS) is 10.8. The molecule has 0 fully saturated rings. The number of benzene rings is 2. The highest BCUT2D eigenvalue weighted by atomic mass is 35.5. The van der Waals surface area contributed by atoms with Gasteiger partial charge in [-0.2, -0.15) is 5.10 Å². The van der Waals surface area contributed by atoms with Gasteiger partial charge in [-0.05, 0) is 18.2 Å². The van der Waals surface area contributed by atoms with Crippen LogP contribution < -0.4 is 0 Å². The van der Waals surface area contributed by atoms with Gasteiger partial charge in [-0.1, -0.05) is 48.0 Å². The second kappa shape index (κ2) is 5.68. The van der Waals surface area contributed by atoms with E-state index < -0.39 is 0 Å². The fourth-order valence-corrected chi connectivity index (χ4v) is 2.46. The Morgan fingerprint density at radius 3 is 2.52 bits per heavy atom. The molecule has 0 aliphatic heterocycles. The molecule has 0 amide bonds. The molecule has 5 heteroatoms. The second-order valence-electron chi connectivity index (χ2n) is 4.53. The molecule has 0 aliphatic rings. The van der Waals surface area contributed by atoms with Crippen molar-refractivity contribution in [3.8, 4) is 16.9 Å². The molecular formula is C16H12ClFN2O. The average Bonchev–Trinajstić information content (AvgIpc) is 2.85. The van der Waals surface area contributed by atoms with E-state index in [4.69, 9.17) is 11.6 Å². The summed E-state index contributed by atoms with van der Waals surface area (Å²) in [5.41, 5.74) is 2.47. The van der Waals surface area contributed by atoms with E-state index in [1.165, 1.54) is 16.8 Å². The van der Waals surface area contributed by atoms with Crippen molar-refractivity contribution in [3.05, 3.63) is 71.1 Å². The van der Waals surface area contributed by atoms with Crippen molar-refractivity contribution in [2.45, 2.75) is 6.61 Å². The van der Waals surface area contributed by atoms with Crippen molar-refractivity contribution in [3.63, 3.8) is 0 Å². The minimum Gasteiger partial charge on any atom is -0.391 e. The van der Waals surface area contributed by atoms with Crippen LogP contribution in [0.2, 0.25) is 5.15 Å². The van der Waals surface area contributed by atoms with Gasteiger partial charge in [0.15, 0.2) is 0 Å². The topological polar surface area (TPSA) is 38.1 Å². The summed E-state index contributed by atoms with van der Waals surface area (Å²) in [6.07, 6.45) is 0. The van der Waals surface area contributed by atoms with Gasteiger partial charge in [0.2, 0.25) is 0 Å². The summed E-state index contributed by atoms with van der Waals surface area (Å²) in [5, 5.41) is 14.3. The van der Waals surface area contributed by atoms with E-state index in [0.717, 1.165) is 5.56 Å². The van der Waals surface area contributed by atoms with Crippen LogP contribution in [0.15, 0.2) is 54.6 Å². The molecule has 0 spiro atoms. The number of hydrogen-bond donors (Lipinski definition) is 1. The maximum atomic E-state index is 13.4. The smallest absolute Gasteiger partial charge is 0.139 e. The maximum absolute atomic E-state index is 13.4. The Morgan fingerprint density at radius 2 is 1.86 bits per heavy atom. The highest BCUT2D eigenvalue weighted by Crippen LogP contribution is 2.30. The minimum absolute atomic E-state index is 0.238. The quantitative estimate of drug-likeness (QED) is 0.798. The van der Waals surface area contributed by atoms with Crippen LogP contribution in [0.4, 0.5) is 4.39 Å². The van der Waals surface area contributed by atoms with E-state index in [1.807, 2.05) is 30.3 Å². The third kappa shape index (κ3) is 2.55. The van der Waals surface area contributed by atoms with Crippen LogP contribution >= 0.6 is 11.6 Å². The van der Waals surface area contributed by atoms with Gasteiger partial charge < -0.3 is 5.11 Å². The van der Waals surface area contributed by atoms with Crippen LogP contribution in [0.5, 0.6) is 0 Å². The molecular weight excluding hydrogens is 291 g/mol. The average molecular weight is 303 g/mol. The number of hydrogen-bond acceptors (Lipinski definition) is 2. The zero-order valence-corrected chi connectivity index (χ0v) is 11.8. The molecule has 0 aliphatic carbocycles. The van der Waals surface area contributed by atoms with Crippen molar-refractivity contribution < 1.29 is 9.50 Å². The number of aliphatic hydroxyl groups is 1. The molecule has 2 aromatic carbocycles. The first-order chi connectivity index (χ1) is 10.2. The number of halogens is 2. The van der Waals surface area contributed by atoms with Gasteiger partial charge in [0.25, 0.3) is 0 Å². The lowest BCUT2D eigenvalue weighted by Gasteiger charge is -2.02. The lowest BCUT2D eigenvalue weighted by atomic mass is 10.1. The summed E-state index contributed by atoms with van der Waals surface area (Å²) in [4.78, 5) is 0. The van der Waals surface area contributed by atoms with E-state index >= 15 is 0 Å². The number of rotatable bonds is 3. The van der Waals surface area contributed by atoms with E-state index in [1.54, 1.807) is 12.1 Å². The zero-order valence-electron chi connectivity index (χ0n) is 11.0. The van der Waals surface area contributed by atoms with E-state index in [-0.39, 0.29) is 17.6 Å². The summed E-state index contributed by atoms with van der Waals surface area (Å²) in [6.45, 7) is -0.238. The molecule has 3 rings (SSSR count). The molecule has 0 atom stereocenters. The summed E-state index contributed by atoms with van der Waals surface area (Å²) >= 11 is 6.28. The summed E-state index contributed by atoms with van der Waals surface area (Å²) < 4.78 is 14.8. The SMILES string of the molecule is OCc1c(-c2ccccc2)nn(-c2cccc(F)c2)c1Cl. The van der Waals surface area contributed by atoms with Gasteiger partial charge in [-0.25, -0.2) is 9.07 Å². The van der Waals surface area contributed by atoms with Gasteiger partial charge in [-0.15, -0.1) is 0 Å². The van der Waals surface area contributed by atoms with Crippen molar-refractivity contribution in [1.82, 2.24) is 9.78 Å². The van der Waals surface area contributed by atoms with Crippen LogP contribution in [0.3, 0.4) is 0 Å². The monoisotopic (exact) mass is 302 g/mol. The Labute approximate surface area is 126 Å². The molecule has 1 N–H and O–H groups in total. The number of aliphatic hydroxyl groups excluding tert-OH is 1. The van der Waals surface area contributed by atoms with Gasteiger partial charge in [0, 0.05) is 11.1 Å². The number of aromatic nitrogens is 2. The van der Waals surface area contributed by atoms with E-state index in [0.29, 0.717) is 16.9 Å². The fourth-order valence-electron chi connectivity index (χ4n) is 2.18. The fraction of sp³-hybridized carbons (Fsp3) is 0.0625. The molecule has 0 radical (unpaired) electrons. The molecule has 0 saturated heterocycles. The minimum atomic E-state index is -0.370. The van der Waals surface area contributed by atoms with Crippen molar-refractivity contribution in [1.29, 1.82) is 0 Å². The molecule has 1 heterocycles. The Kier molecular flexibility index (Phi) is 3.73. The van der Waals surface area contributed by atoms with Gasteiger partial charge >= 0.3 is 0 Å². The van der Waals surface area contributed by atoms with Crippen molar-refractivity contribution >= 4 is 11.6 Å². The highest BCUT2D eigenvalue weighted by Gasteiger charge is 2.18. The van der Waals surface area contributed by atoms with Crippen molar-refractivity contribution in [2.24, 2.45) is 0 Å². The Bertz CT molecular complexity index is 771. The van der Waals surface area contributed by atoms with Crippen LogP contribution in [-0.2, 0) is 6.61 Å². The Hall–Kier alpha value is -2.17. The first-order valence-corrected chi connectivity index (χ1v) is 6.78. The molecule has 0 bridgehead atoms. The maximum Gasteiger partial charge on any atom is 0.139 e. The van der Waals surface area contributed by atoms with Gasteiger partial charge in [0.1, 0.15) is 11.0 Å². The van der Waals surface area contributed by atoms with Crippen LogP contribution in [-0.4, -0.2) is 14.9 Å². The van der Waals surface area contributed by atoms with Crippen LogP contribution in [0.25, 0.3) is 16.9 Å². The molecule has 1 aromatic heterocycles. The molecule has 21 heavy (non-hydrogen) atoms. The summed E-state index contributed by atoms with van der Waals surface area (Å²) in [5.74, 6) is -0.370. The third-order valence-corrected chi connectivity index (χ3v) is 3.57. The predicted molar refractivity (Wildman–Crippen MR) is 79.9 cm³/mol. The van der Waals surface area contributed by atoms with E-state index in [2.05, 4.69) is 5.10 Å². The largest absolute Gasteiger partial charge is 0.391 e. The lowest BCUT2D eigenvalue weighted by Crippen LogP contribution is -1.97. The summed E-state index contributed by atoms with van der Waals surface area (Å²) in [7, 11) is 0. The number of nitrogens with zero attached hydrogens (tertiary/aromatic N) is 2. The molecule has 106 valence electrons. The highest BCUT2D eigenvalue weighted by molar-refractivity contribution is 6.31. The molecule has 0 unspecified atom stereocenters. The van der Waals surface area contributed by atoms with E-state index in [9.17, 15) is 9.50 Å². The molecule has 3 nitrogen and oxygen atoms in total. The second-order valence-corrected chi connectivity index (χ2v) is 4.89. The molecule has 3 aromatic rings. The first kappa shape index (κ1) is 13.8. The molecule has 0 saturated carbocycles. The third-order valence-electron chi connectivity index (χ3n) is 3.18. The summed E-state index contributed by atoms with van der Waals surface area (Å²) in [6, 6.07) is 15.4.